The molecule has 0 saturated carbocycles. The van der Waals surface area contributed by atoms with Crippen LogP contribution in [0.25, 0.3) is 0 Å². The summed E-state index contributed by atoms with van der Waals surface area (Å²) in [5.74, 6) is -3.56. The van der Waals surface area contributed by atoms with E-state index in [9.17, 15) is 13.2 Å². The molecule has 0 N–H and O–H groups in total. The van der Waals surface area contributed by atoms with E-state index in [0.29, 0.717) is 12.1 Å². The average Bonchev–Trinajstić information content (AvgIpc) is 2.13. The fourth-order valence-corrected chi connectivity index (χ4v) is 0.933. The molecule has 0 unspecified atom stereocenters. The van der Waals surface area contributed by atoms with Crippen LogP contribution in [0.15, 0.2) is 12.1 Å². The molecule has 0 amide bonds. The third-order valence-electron chi connectivity index (χ3n) is 1.37. The van der Waals surface area contributed by atoms with Gasteiger partial charge in [0, 0.05) is 12.1 Å². The van der Waals surface area contributed by atoms with Crippen molar-refractivity contribution in [1.29, 1.82) is 0 Å². The quantitative estimate of drug-likeness (QED) is 0.746. The fourth-order valence-electron chi connectivity index (χ4n) is 0.933. The van der Waals surface area contributed by atoms with Gasteiger partial charge >= 0.3 is 0 Å². The first-order valence-corrected chi connectivity index (χ1v) is 4.42. The van der Waals surface area contributed by atoms with Crippen molar-refractivity contribution in [3.8, 4) is 5.75 Å². The number of halogens is 3. The predicted octanol–water partition coefficient (Wildman–Crippen LogP) is 3.10. The third kappa shape index (κ3) is 4.33. The van der Waals surface area contributed by atoms with Crippen LogP contribution in [0.1, 0.15) is 20.8 Å². The van der Waals surface area contributed by atoms with Gasteiger partial charge in [0.15, 0.2) is 17.4 Å². The van der Waals surface area contributed by atoms with Gasteiger partial charge in [-0.15, -0.1) is 0 Å². The number of hydrogen-bond donors (Lipinski definition) is 0. The number of ether oxygens (including phenoxy) is 1. The Labute approximate surface area is 92.0 Å². The molecule has 0 aliphatic carbocycles. The molecule has 5 heteroatoms. The minimum atomic E-state index is -1.03. The summed E-state index contributed by atoms with van der Waals surface area (Å²) in [5, 5.41) is 0. The predicted molar refractivity (Wildman–Crippen MR) is 53.8 cm³/mol. The molecule has 0 atom stereocenters. The zero-order valence-corrected chi connectivity index (χ0v) is 9.31. The van der Waals surface area contributed by atoms with Gasteiger partial charge in [0.2, 0.25) is 0 Å². The first-order chi connectivity index (χ1) is 7.29. The van der Waals surface area contributed by atoms with Gasteiger partial charge in [0.25, 0.3) is 0 Å². The van der Waals surface area contributed by atoms with E-state index >= 15 is 0 Å². The molecule has 0 saturated heterocycles. The van der Waals surface area contributed by atoms with E-state index in [-0.39, 0.29) is 0 Å². The third-order valence-corrected chi connectivity index (χ3v) is 1.37. The molecule has 0 radical (unpaired) electrons. The molecule has 0 aromatic heterocycles. The second-order valence-corrected chi connectivity index (χ2v) is 3.91. The Hall–Kier alpha value is -1.52. The van der Waals surface area contributed by atoms with E-state index in [1.807, 2.05) is 6.79 Å². The Morgan fingerprint density at radius 1 is 1.06 bits per heavy atom. The molecule has 0 fully saturated rings. The van der Waals surface area contributed by atoms with Crippen LogP contribution in [-0.4, -0.2) is 12.4 Å². The van der Waals surface area contributed by atoms with Crippen LogP contribution >= 0.6 is 0 Å². The van der Waals surface area contributed by atoms with Crippen LogP contribution in [-0.2, 0) is 4.79 Å². The van der Waals surface area contributed by atoms with E-state index < -0.39 is 28.8 Å². The summed E-state index contributed by atoms with van der Waals surface area (Å²) in [6.07, 6.45) is 0. The molecular formula is C11H13F3O2. The Morgan fingerprint density at radius 2 is 1.44 bits per heavy atom. The minimum Gasteiger partial charge on any atom is -0.482 e. The van der Waals surface area contributed by atoms with Crippen molar-refractivity contribution < 1.29 is 22.7 Å². The Bertz CT molecular complexity index is 336. The fraction of sp³-hybridized carbons (Fsp3) is 0.364. The first kappa shape index (κ1) is 14.5. The normalized spacial score (nSPS) is 10.4. The summed E-state index contributed by atoms with van der Waals surface area (Å²) in [5.41, 5.74) is -0.723. The highest BCUT2D eigenvalue weighted by Crippen LogP contribution is 2.26. The average molecular weight is 234 g/mol. The Morgan fingerprint density at radius 3 is 1.75 bits per heavy atom. The van der Waals surface area contributed by atoms with Crippen molar-refractivity contribution in [2.24, 2.45) is 0 Å². The van der Waals surface area contributed by atoms with Crippen LogP contribution < -0.4 is 4.74 Å². The molecule has 0 bridgehead atoms. The molecule has 16 heavy (non-hydrogen) atoms. The van der Waals surface area contributed by atoms with Crippen molar-refractivity contribution in [2.75, 3.05) is 0 Å². The van der Waals surface area contributed by atoms with Crippen LogP contribution in [0.5, 0.6) is 5.75 Å². The molecule has 0 aliphatic rings. The number of hydrogen-bond acceptors (Lipinski definition) is 2. The van der Waals surface area contributed by atoms with Crippen molar-refractivity contribution in [3.63, 3.8) is 0 Å². The standard InChI is InChI=1S/C10H11F3O.CH2O/c1-10(2,3)14-9-7(12)4-6(11)5-8(9)13;1-2/h4-5H,1-3H3;1H2. The van der Waals surface area contributed by atoms with Crippen molar-refractivity contribution in [1.82, 2.24) is 0 Å². The largest absolute Gasteiger partial charge is 0.482 e. The lowest BCUT2D eigenvalue weighted by Gasteiger charge is -2.21. The molecule has 0 heterocycles. The van der Waals surface area contributed by atoms with Crippen LogP contribution in [0.2, 0.25) is 0 Å². The lowest BCUT2D eigenvalue weighted by Crippen LogP contribution is -2.24. The second kappa shape index (κ2) is 5.53. The van der Waals surface area contributed by atoms with E-state index in [2.05, 4.69) is 0 Å². The maximum Gasteiger partial charge on any atom is 0.191 e. The minimum absolute atomic E-state index is 0.543. The van der Waals surface area contributed by atoms with Crippen LogP contribution in [0, 0.1) is 17.5 Å². The van der Waals surface area contributed by atoms with E-state index in [4.69, 9.17) is 9.53 Å². The van der Waals surface area contributed by atoms with Crippen LogP contribution in [0.3, 0.4) is 0 Å². The van der Waals surface area contributed by atoms with Gasteiger partial charge in [-0.2, -0.15) is 0 Å². The van der Waals surface area contributed by atoms with Gasteiger partial charge in [0.1, 0.15) is 18.2 Å². The SMILES string of the molecule is C=O.CC(C)(C)Oc1c(F)cc(F)cc1F. The van der Waals surface area contributed by atoms with Crippen molar-refractivity contribution in [2.45, 2.75) is 26.4 Å². The smallest absolute Gasteiger partial charge is 0.191 e. The van der Waals surface area contributed by atoms with Gasteiger partial charge in [-0.3, -0.25) is 0 Å². The summed E-state index contributed by atoms with van der Waals surface area (Å²) in [6, 6.07) is 1.17. The van der Waals surface area contributed by atoms with Gasteiger partial charge < -0.3 is 9.53 Å². The maximum atomic E-state index is 13.0. The van der Waals surface area contributed by atoms with E-state index in [0.717, 1.165) is 0 Å². The highest BCUT2D eigenvalue weighted by molar-refractivity contribution is 5.27. The van der Waals surface area contributed by atoms with Gasteiger partial charge in [-0.1, -0.05) is 0 Å². The Balaban J connectivity index is 0.00000106. The summed E-state index contributed by atoms with van der Waals surface area (Å²) in [6.45, 7) is 6.94. The zero-order chi connectivity index (χ0) is 12.9. The summed E-state index contributed by atoms with van der Waals surface area (Å²) in [4.78, 5) is 8.00. The topological polar surface area (TPSA) is 26.3 Å². The summed E-state index contributed by atoms with van der Waals surface area (Å²) < 4.78 is 43.6. The van der Waals surface area contributed by atoms with Gasteiger partial charge in [-0.05, 0) is 20.8 Å². The van der Waals surface area contributed by atoms with Crippen molar-refractivity contribution >= 4 is 6.79 Å². The van der Waals surface area contributed by atoms with Crippen molar-refractivity contribution in [3.05, 3.63) is 29.6 Å². The second-order valence-electron chi connectivity index (χ2n) is 3.91. The molecular weight excluding hydrogens is 221 g/mol. The Kier molecular flexibility index (Phi) is 5.01. The van der Waals surface area contributed by atoms with Gasteiger partial charge in [0.05, 0.1) is 0 Å². The number of benzene rings is 1. The molecule has 0 aliphatic heterocycles. The highest BCUT2D eigenvalue weighted by Gasteiger charge is 2.19. The molecule has 1 aromatic rings. The lowest BCUT2D eigenvalue weighted by atomic mass is 10.2. The first-order valence-electron chi connectivity index (χ1n) is 4.42. The number of carbonyl (C=O) groups is 1. The number of carbonyl (C=O) groups excluding carboxylic acids is 1. The molecule has 2 nitrogen and oxygen atoms in total. The number of rotatable bonds is 1. The monoisotopic (exact) mass is 234 g/mol. The summed E-state index contributed by atoms with van der Waals surface area (Å²) in [7, 11) is 0. The summed E-state index contributed by atoms with van der Waals surface area (Å²) >= 11 is 0. The van der Waals surface area contributed by atoms with E-state index in [1.54, 1.807) is 20.8 Å². The maximum absolute atomic E-state index is 13.0. The molecule has 1 rings (SSSR count). The highest BCUT2D eigenvalue weighted by atomic mass is 19.1. The molecule has 90 valence electrons. The van der Waals surface area contributed by atoms with Gasteiger partial charge in [-0.25, -0.2) is 13.2 Å². The lowest BCUT2D eigenvalue weighted by molar-refractivity contribution is -0.0979. The van der Waals surface area contributed by atoms with E-state index in [1.165, 1.54) is 0 Å². The molecule has 1 aromatic carbocycles. The zero-order valence-electron chi connectivity index (χ0n) is 9.31. The molecule has 0 spiro atoms. The van der Waals surface area contributed by atoms with Crippen LogP contribution in [0.4, 0.5) is 13.2 Å².